The first-order valence-electron chi connectivity index (χ1n) is 12.2. The third-order valence-corrected chi connectivity index (χ3v) is 7.04. The Morgan fingerprint density at radius 3 is 2.34 bits per heavy atom. The Bertz CT molecular complexity index is 1200. The first kappa shape index (κ1) is 28.8. The summed E-state index contributed by atoms with van der Waals surface area (Å²) in [6.45, 7) is 6.24. The smallest absolute Gasteiger partial charge is 0.327 e. The second-order valence-electron chi connectivity index (χ2n) is 10.0. The topological polar surface area (TPSA) is 142 Å². The van der Waals surface area contributed by atoms with E-state index < -0.39 is 53.5 Å². The molecule has 38 heavy (non-hydrogen) atoms. The molecular weight excluding hydrogens is 492 g/mol. The fourth-order valence-corrected chi connectivity index (χ4v) is 4.97. The van der Waals surface area contributed by atoms with Gasteiger partial charge in [-0.1, -0.05) is 50.2 Å². The molecule has 0 aliphatic carbocycles. The van der Waals surface area contributed by atoms with Gasteiger partial charge in [-0.2, -0.15) is 0 Å². The fraction of sp³-hybridized carbons (Fsp3) is 0.429. The van der Waals surface area contributed by atoms with Crippen LogP contribution in [0.15, 0.2) is 48.5 Å². The number of aliphatic carboxylic acids is 1. The van der Waals surface area contributed by atoms with Crippen molar-refractivity contribution in [1.29, 1.82) is 0 Å². The van der Waals surface area contributed by atoms with Crippen LogP contribution in [-0.4, -0.2) is 76.8 Å². The zero-order chi connectivity index (χ0) is 28.2. The highest BCUT2D eigenvalue weighted by molar-refractivity contribution is 5.97. The summed E-state index contributed by atoms with van der Waals surface area (Å²) < 4.78 is 10.6. The van der Waals surface area contributed by atoms with Gasteiger partial charge in [0.15, 0.2) is 6.10 Å². The van der Waals surface area contributed by atoms with Gasteiger partial charge in [-0.15, -0.1) is 0 Å². The molecule has 3 N–H and O–H groups in total. The lowest BCUT2D eigenvalue weighted by molar-refractivity contribution is -0.155. The van der Waals surface area contributed by atoms with Crippen LogP contribution >= 0.6 is 0 Å². The number of methoxy groups -OCH3 is 1. The summed E-state index contributed by atoms with van der Waals surface area (Å²) in [7, 11) is 1.44. The molecule has 1 fully saturated rings. The van der Waals surface area contributed by atoms with E-state index >= 15 is 0 Å². The van der Waals surface area contributed by atoms with E-state index in [1.54, 1.807) is 57.2 Å². The number of carbonyl (C=O) groups excluding carboxylic acids is 3. The number of hydrogen-bond acceptors (Lipinski definition) is 7. The summed E-state index contributed by atoms with van der Waals surface area (Å²) in [6.07, 6.45) is -2.21. The normalized spacial score (nSPS) is 19.9. The number of nitrogens with one attached hydrogen (secondary N) is 1. The van der Waals surface area contributed by atoms with Gasteiger partial charge in [-0.05, 0) is 31.0 Å². The summed E-state index contributed by atoms with van der Waals surface area (Å²) in [5.41, 5.74) is 0.449. The molecule has 204 valence electrons. The standard InChI is InChI=1S/C28H34N2O8/c1-16-19(12-9-13-21(16)38-17(2)31)25(33)29-20(14-18-10-7-6-8-11-18)23(32)26(34)30-15-22(37-5)28(3,4)24(30)27(35)36/h6-13,20,22-24,32H,14-15H2,1-5H3,(H,29,33)(H,35,36)/t20-,22+,23-,24+/m0/s1. The van der Waals surface area contributed by atoms with Crippen LogP contribution in [0.2, 0.25) is 0 Å². The number of benzene rings is 2. The van der Waals surface area contributed by atoms with Gasteiger partial charge in [0, 0.05) is 37.1 Å². The SMILES string of the molecule is CO[C@@H]1CN(C(=O)[C@@H](O)[C@H](Cc2ccccc2)NC(=O)c2cccc(OC(C)=O)c2C)[C@H](C(=O)O)C1(C)C. The second kappa shape index (κ2) is 11.7. The van der Waals surface area contributed by atoms with Crippen LogP contribution in [0.5, 0.6) is 5.75 Å². The molecule has 0 spiro atoms. The van der Waals surface area contributed by atoms with Gasteiger partial charge in [-0.25, -0.2) is 4.79 Å². The third-order valence-electron chi connectivity index (χ3n) is 7.04. The van der Waals surface area contributed by atoms with Crippen LogP contribution in [0, 0.1) is 12.3 Å². The quantitative estimate of drug-likeness (QED) is 0.333. The van der Waals surface area contributed by atoms with Crippen LogP contribution in [0.1, 0.15) is 42.3 Å². The second-order valence-corrected chi connectivity index (χ2v) is 10.0. The van der Waals surface area contributed by atoms with Gasteiger partial charge in [0.25, 0.3) is 11.8 Å². The molecule has 3 rings (SSSR count). The number of carboxylic acid groups (broad SMARTS) is 1. The number of rotatable bonds is 9. The number of nitrogens with zero attached hydrogens (tertiary/aromatic N) is 1. The number of likely N-dealkylation sites (tertiary alicyclic amines) is 1. The molecule has 0 unspecified atom stereocenters. The van der Waals surface area contributed by atoms with Crippen molar-refractivity contribution in [3.8, 4) is 5.75 Å². The number of carboxylic acids is 1. The Kier molecular flexibility index (Phi) is 8.90. The Hall–Kier alpha value is -3.76. The van der Waals surface area contributed by atoms with Crippen molar-refractivity contribution in [2.24, 2.45) is 5.41 Å². The molecule has 1 saturated heterocycles. The first-order chi connectivity index (χ1) is 17.9. The minimum Gasteiger partial charge on any atom is -0.480 e. The maximum Gasteiger partial charge on any atom is 0.327 e. The zero-order valence-electron chi connectivity index (χ0n) is 22.1. The molecule has 0 bridgehead atoms. The fourth-order valence-electron chi connectivity index (χ4n) is 4.97. The van der Waals surface area contributed by atoms with Gasteiger partial charge < -0.3 is 29.9 Å². The third kappa shape index (κ3) is 6.03. The van der Waals surface area contributed by atoms with E-state index in [4.69, 9.17) is 9.47 Å². The lowest BCUT2D eigenvalue weighted by atomic mass is 9.82. The molecule has 2 aromatic rings. The average molecular weight is 527 g/mol. The molecule has 1 aliphatic rings. The van der Waals surface area contributed by atoms with Crippen molar-refractivity contribution in [2.75, 3.05) is 13.7 Å². The number of aliphatic hydroxyl groups is 1. The van der Waals surface area contributed by atoms with Crippen molar-refractivity contribution >= 4 is 23.8 Å². The molecule has 2 aromatic carbocycles. The van der Waals surface area contributed by atoms with E-state index in [-0.39, 0.29) is 24.3 Å². The van der Waals surface area contributed by atoms with Crippen LogP contribution in [0.4, 0.5) is 0 Å². The minimum absolute atomic E-state index is 0.0219. The van der Waals surface area contributed by atoms with Crippen molar-refractivity contribution in [1.82, 2.24) is 10.2 Å². The number of amides is 2. The minimum atomic E-state index is -1.75. The Morgan fingerprint density at radius 2 is 1.76 bits per heavy atom. The van der Waals surface area contributed by atoms with Gasteiger partial charge in [0.1, 0.15) is 11.8 Å². The van der Waals surface area contributed by atoms with Crippen molar-refractivity contribution < 1.29 is 38.9 Å². The van der Waals surface area contributed by atoms with Crippen LogP contribution in [-0.2, 0) is 25.5 Å². The van der Waals surface area contributed by atoms with E-state index in [1.165, 1.54) is 20.1 Å². The lowest BCUT2D eigenvalue weighted by Crippen LogP contribution is -2.56. The highest BCUT2D eigenvalue weighted by Gasteiger charge is 2.55. The monoisotopic (exact) mass is 526 g/mol. The number of aliphatic hydroxyl groups excluding tert-OH is 1. The van der Waals surface area contributed by atoms with Crippen LogP contribution in [0.25, 0.3) is 0 Å². The Labute approximate surface area is 221 Å². The molecule has 4 atom stereocenters. The van der Waals surface area contributed by atoms with E-state index in [1.807, 2.05) is 6.07 Å². The van der Waals surface area contributed by atoms with Gasteiger partial charge in [0.05, 0.1) is 12.1 Å². The molecule has 0 radical (unpaired) electrons. The summed E-state index contributed by atoms with van der Waals surface area (Å²) >= 11 is 0. The van der Waals surface area contributed by atoms with E-state index in [2.05, 4.69) is 5.32 Å². The number of esters is 1. The summed E-state index contributed by atoms with van der Waals surface area (Å²) in [6, 6.07) is 11.3. The Morgan fingerprint density at radius 1 is 1.11 bits per heavy atom. The predicted octanol–water partition coefficient (Wildman–Crippen LogP) is 1.96. The number of hydrogen-bond donors (Lipinski definition) is 3. The highest BCUT2D eigenvalue weighted by atomic mass is 16.5. The first-order valence-corrected chi connectivity index (χ1v) is 12.2. The summed E-state index contributed by atoms with van der Waals surface area (Å²) in [5.74, 6) is -2.94. The van der Waals surface area contributed by atoms with Crippen molar-refractivity contribution in [3.63, 3.8) is 0 Å². The Balaban J connectivity index is 1.92. The molecule has 1 heterocycles. The van der Waals surface area contributed by atoms with Gasteiger partial charge in [0.2, 0.25) is 0 Å². The van der Waals surface area contributed by atoms with Gasteiger partial charge >= 0.3 is 11.9 Å². The van der Waals surface area contributed by atoms with Crippen LogP contribution < -0.4 is 10.1 Å². The predicted molar refractivity (Wildman–Crippen MR) is 138 cm³/mol. The maximum atomic E-state index is 13.5. The highest BCUT2D eigenvalue weighted by Crippen LogP contribution is 2.39. The van der Waals surface area contributed by atoms with E-state index in [0.29, 0.717) is 5.56 Å². The molecule has 1 aliphatic heterocycles. The molecule has 10 heteroatoms. The van der Waals surface area contributed by atoms with Crippen molar-refractivity contribution in [3.05, 3.63) is 65.2 Å². The lowest BCUT2D eigenvalue weighted by Gasteiger charge is -2.33. The molecule has 10 nitrogen and oxygen atoms in total. The number of carbonyl (C=O) groups is 4. The summed E-state index contributed by atoms with van der Waals surface area (Å²) in [4.78, 5) is 51.6. The molecule has 2 amide bonds. The van der Waals surface area contributed by atoms with Crippen LogP contribution in [0.3, 0.4) is 0 Å². The molecular formula is C28H34N2O8. The molecule has 0 saturated carbocycles. The van der Waals surface area contributed by atoms with E-state index in [9.17, 15) is 29.4 Å². The summed E-state index contributed by atoms with van der Waals surface area (Å²) in [5, 5.41) is 23.9. The largest absolute Gasteiger partial charge is 0.480 e. The van der Waals surface area contributed by atoms with Gasteiger partial charge in [-0.3, -0.25) is 14.4 Å². The van der Waals surface area contributed by atoms with E-state index in [0.717, 1.165) is 10.5 Å². The number of ether oxygens (including phenoxy) is 2. The average Bonchev–Trinajstić information content (AvgIpc) is 3.14. The maximum absolute atomic E-state index is 13.5. The van der Waals surface area contributed by atoms with Crippen molar-refractivity contribution in [2.45, 2.75) is 58.4 Å². The zero-order valence-corrected chi connectivity index (χ0v) is 22.1. The molecule has 0 aromatic heterocycles.